The number of benzene rings is 1. The Morgan fingerprint density at radius 3 is 2.76 bits per heavy atom. The molecule has 3 nitrogen and oxygen atoms in total. The van der Waals surface area contributed by atoms with Crippen LogP contribution < -0.4 is 0 Å². The van der Waals surface area contributed by atoms with Crippen molar-refractivity contribution < 1.29 is 4.39 Å². The van der Waals surface area contributed by atoms with Gasteiger partial charge in [0.1, 0.15) is 16.6 Å². The van der Waals surface area contributed by atoms with Crippen molar-refractivity contribution in [1.29, 1.82) is 0 Å². The predicted molar refractivity (Wildman–Crippen MR) is 87.6 cm³/mol. The number of hydrogen-bond donors (Lipinski definition) is 0. The number of nitrogens with zero attached hydrogens (tertiary/aromatic N) is 3. The van der Waals surface area contributed by atoms with E-state index in [9.17, 15) is 4.39 Å². The van der Waals surface area contributed by atoms with Crippen LogP contribution in [0.15, 0.2) is 28.2 Å². The molecule has 1 aromatic carbocycles. The van der Waals surface area contributed by atoms with Crippen molar-refractivity contribution in [3.63, 3.8) is 0 Å². The molecular formula is C14H12BrClFN3S. The maximum Gasteiger partial charge on any atom is 0.139 e. The summed E-state index contributed by atoms with van der Waals surface area (Å²) in [5.41, 5.74) is 1.44. The Bertz CT molecular complexity index is 785. The topological polar surface area (TPSA) is 30.7 Å². The SMILES string of the molecule is CC(Cl)c1nc2cc(F)c(Br)cc2n1C(C)c1nccs1. The van der Waals surface area contributed by atoms with E-state index in [4.69, 9.17) is 11.6 Å². The number of halogens is 3. The molecule has 0 spiro atoms. The minimum atomic E-state index is -0.331. The first kappa shape index (κ1) is 14.9. The van der Waals surface area contributed by atoms with Crippen molar-refractivity contribution in [3.05, 3.63) is 44.8 Å². The summed E-state index contributed by atoms with van der Waals surface area (Å²) in [4.78, 5) is 8.85. The Morgan fingerprint density at radius 2 is 2.14 bits per heavy atom. The number of thiazole rings is 1. The van der Waals surface area contributed by atoms with Crippen LogP contribution in [0, 0.1) is 5.82 Å². The van der Waals surface area contributed by atoms with E-state index in [0.29, 0.717) is 15.8 Å². The van der Waals surface area contributed by atoms with E-state index in [1.165, 1.54) is 6.07 Å². The van der Waals surface area contributed by atoms with Crippen LogP contribution in [0.3, 0.4) is 0 Å². The Morgan fingerprint density at radius 1 is 1.38 bits per heavy atom. The Labute approximate surface area is 138 Å². The van der Waals surface area contributed by atoms with Gasteiger partial charge in [0.15, 0.2) is 0 Å². The Kier molecular flexibility index (Phi) is 4.03. The first-order valence-corrected chi connectivity index (χ1v) is 8.50. The third-order valence-corrected chi connectivity index (χ3v) is 5.06. The van der Waals surface area contributed by atoms with Crippen molar-refractivity contribution in [2.24, 2.45) is 0 Å². The molecule has 2 aromatic heterocycles. The number of alkyl halides is 1. The lowest BCUT2D eigenvalue weighted by atomic mass is 10.2. The van der Waals surface area contributed by atoms with Crippen molar-refractivity contribution in [2.75, 3.05) is 0 Å². The minimum absolute atomic E-state index is 0.0106. The summed E-state index contributed by atoms with van der Waals surface area (Å²) in [5, 5.41) is 2.62. The summed E-state index contributed by atoms with van der Waals surface area (Å²) >= 11 is 11.1. The van der Waals surface area contributed by atoms with Gasteiger partial charge in [-0.3, -0.25) is 0 Å². The zero-order valence-corrected chi connectivity index (χ0v) is 14.5. The molecule has 3 aromatic rings. The largest absolute Gasteiger partial charge is 0.317 e. The lowest BCUT2D eigenvalue weighted by molar-refractivity contribution is 0.612. The van der Waals surface area contributed by atoms with Gasteiger partial charge >= 0.3 is 0 Å². The lowest BCUT2D eigenvalue weighted by Crippen LogP contribution is -2.11. The molecule has 7 heteroatoms. The summed E-state index contributed by atoms with van der Waals surface area (Å²) in [6.07, 6.45) is 1.77. The van der Waals surface area contributed by atoms with Gasteiger partial charge in [-0.15, -0.1) is 22.9 Å². The van der Waals surface area contributed by atoms with Gasteiger partial charge in [-0.1, -0.05) is 0 Å². The zero-order valence-electron chi connectivity index (χ0n) is 11.3. The molecule has 2 unspecified atom stereocenters. The van der Waals surface area contributed by atoms with Crippen LogP contribution in [0.4, 0.5) is 4.39 Å². The Hall–Kier alpha value is -0.980. The molecule has 0 saturated heterocycles. The molecule has 110 valence electrons. The van der Waals surface area contributed by atoms with Gasteiger partial charge in [0.05, 0.1) is 26.9 Å². The monoisotopic (exact) mass is 387 g/mol. The molecule has 0 aliphatic rings. The lowest BCUT2D eigenvalue weighted by Gasteiger charge is -2.16. The summed E-state index contributed by atoms with van der Waals surface area (Å²) < 4.78 is 16.2. The second-order valence-electron chi connectivity index (χ2n) is 4.76. The third kappa shape index (κ3) is 2.60. The van der Waals surface area contributed by atoms with Crippen LogP contribution >= 0.6 is 38.9 Å². The third-order valence-electron chi connectivity index (χ3n) is 3.31. The number of imidazole rings is 1. The average molecular weight is 389 g/mol. The van der Waals surface area contributed by atoms with Crippen LogP contribution in [0.25, 0.3) is 11.0 Å². The maximum atomic E-state index is 13.7. The minimum Gasteiger partial charge on any atom is -0.317 e. The summed E-state index contributed by atoms with van der Waals surface area (Å²) in [6, 6.07) is 3.15. The molecule has 0 saturated carbocycles. The van der Waals surface area contributed by atoms with Gasteiger partial charge in [0, 0.05) is 17.6 Å². The first-order valence-electron chi connectivity index (χ1n) is 6.39. The fourth-order valence-corrected chi connectivity index (χ4v) is 3.52. The average Bonchev–Trinajstić information content (AvgIpc) is 3.06. The van der Waals surface area contributed by atoms with E-state index in [1.807, 2.05) is 23.8 Å². The van der Waals surface area contributed by atoms with Crippen LogP contribution in [0.2, 0.25) is 0 Å². The van der Waals surface area contributed by atoms with Crippen molar-refractivity contribution in [2.45, 2.75) is 25.3 Å². The normalized spacial score (nSPS) is 14.5. The van der Waals surface area contributed by atoms with Gasteiger partial charge in [-0.05, 0) is 35.8 Å². The van der Waals surface area contributed by atoms with Crippen LogP contribution in [0.5, 0.6) is 0 Å². The van der Waals surface area contributed by atoms with E-state index in [-0.39, 0.29) is 17.2 Å². The highest BCUT2D eigenvalue weighted by atomic mass is 79.9. The highest BCUT2D eigenvalue weighted by Gasteiger charge is 2.22. The highest BCUT2D eigenvalue weighted by Crippen LogP contribution is 2.33. The van der Waals surface area contributed by atoms with E-state index in [0.717, 1.165) is 10.5 Å². The van der Waals surface area contributed by atoms with E-state index in [2.05, 4.69) is 25.9 Å². The molecule has 2 heterocycles. The second kappa shape index (κ2) is 5.66. The molecule has 0 amide bonds. The summed E-state index contributed by atoms with van der Waals surface area (Å²) in [7, 11) is 0. The number of fused-ring (bicyclic) bond motifs is 1. The smallest absolute Gasteiger partial charge is 0.139 e. The number of aromatic nitrogens is 3. The predicted octanol–water partition coefficient (Wildman–Crippen LogP) is 5.30. The van der Waals surface area contributed by atoms with Gasteiger partial charge < -0.3 is 4.57 Å². The van der Waals surface area contributed by atoms with Gasteiger partial charge in [-0.25, -0.2) is 14.4 Å². The molecule has 0 fully saturated rings. The maximum absolute atomic E-state index is 13.7. The molecule has 0 aliphatic carbocycles. The molecule has 0 bridgehead atoms. The van der Waals surface area contributed by atoms with Crippen molar-refractivity contribution in [3.8, 4) is 0 Å². The number of rotatable bonds is 3. The van der Waals surface area contributed by atoms with E-state index >= 15 is 0 Å². The van der Waals surface area contributed by atoms with Crippen molar-refractivity contribution >= 4 is 49.9 Å². The fourth-order valence-electron chi connectivity index (χ4n) is 2.35. The van der Waals surface area contributed by atoms with Crippen molar-refractivity contribution in [1.82, 2.24) is 14.5 Å². The molecule has 0 radical (unpaired) electrons. The van der Waals surface area contributed by atoms with Crippen LogP contribution in [0.1, 0.15) is 36.1 Å². The molecule has 0 N–H and O–H groups in total. The summed E-state index contributed by atoms with van der Waals surface area (Å²) in [5.74, 6) is 0.384. The van der Waals surface area contributed by atoms with Crippen LogP contribution in [-0.2, 0) is 0 Å². The van der Waals surface area contributed by atoms with Gasteiger partial charge in [-0.2, -0.15) is 0 Å². The molecule has 21 heavy (non-hydrogen) atoms. The van der Waals surface area contributed by atoms with Gasteiger partial charge in [0.2, 0.25) is 0 Å². The Balaban J connectivity index is 2.27. The van der Waals surface area contributed by atoms with E-state index < -0.39 is 0 Å². The fraction of sp³-hybridized carbons (Fsp3) is 0.286. The second-order valence-corrected chi connectivity index (χ2v) is 7.19. The zero-order chi connectivity index (χ0) is 15.1. The highest BCUT2D eigenvalue weighted by molar-refractivity contribution is 9.10. The van der Waals surface area contributed by atoms with Crippen LogP contribution in [-0.4, -0.2) is 14.5 Å². The van der Waals surface area contributed by atoms with E-state index in [1.54, 1.807) is 23.6 Å². The first-order chi connectivity index (χ1) is 9.99. The summed E-state index contributed by atoms with van der Waals surface area (Å²) in [6.45, 7) is 3.90. The molecule has 2 atom stereocenters. The standard InChI is InChI=1S/C14H12BrClFN3S/c1-7(16)13-19-11-6-10(17)9(15)5-12(11)20(13)8(2)14-18-3-4-21-14/h3-8H,1-2H3. The number of hydrogen-bond acceptors (Lipinski definition) is 3. The van der Waals surface area contributed by atoms with Gasteiger partial charge in [0.25, 0.3) is 0 Å². The molecule has 3 rings (SSSR count). The molecule has 0 aliphatic heterocycles. The molecular weight excluding hydrogens is 377 g/mol. The quantitative estimate of drug-likeness (QED) is 0.570.